The van der Waals surface area contributed by atoms with Gasteiger partial charge in [0.15, 0.2) is 6.10 Å². The molecule has 9 nitrogen and oxygen atoms in total. The van der Waals surface area contributed by atoms with Crippen molar-refractivity contribution in [1.29, 1.82) is 0 Å². The summed E-state index contributed by atoms with van der Waals surface area (Å²) >= 11 is 0. The number of ether oxygens (including phenoxy) is 1. The van der Waals surface area contributed by atoms with Crippen molar-refractivity contribution in [2.75, 3.05) is 23.8 Å². The molecular formula is C18H18FN3O6. The van der Waals surface area contributed by atoms with Crippen molar-refractivity contribution in [1.82, 2.24) is 0 Å². The molecular weight excluding hydrogens is 373 g/mol. The number of nitro benzene ring substituents is 1. The van der Waals surface area contributed by atoms with Gasteiger partial charge in [0.05, 0.1) is 17.1 Å². The molecule has 0 spiro atoms. The number of carbonyl (C=O) groups is 2. The molecule has 0 aliphatic rings. The van der Waals surface area contributed by atoms with Gasteiger partial charge in [0.25, 0.3) is 11.6 Å². The van der Waals surface area contributed by atoms with E-state index in [0.717, 1.165) is 12.1 Å². The molecule has 0 aliphatic carbocycles. The van der Waals surface area contributed by atoms with Gasteiger partial charge < -0.3 is 20.5 Å². The van der Waals surface area contributed by atoms with Crippen LogP contribution in [0.15, 0.2) is 42.5 Å². The van der Waals surface area contributed by atoms with Crippen LogP contribution >= 0.6 is 0 Å². The van der Waals surface area contributed by atoms with Crippen LogP contribution in [0.5, 0.6) is 0 Å². The number of halogens is 1. The van der Waals surface area contributed by atoms with Crippen LogP contribution in [0, 0.1) is 15.9 Å². The van der Waals surface area contributed by atoms with Crippen LogP contribution in [0.1, 0.15) is 17.3 Å². The molecule has 148 valence electrons. The van der Waals surface area contributed by atoms with E-state index >= 15 is 0 Å². The zero-order valence-corrected chi connectivity index (χ0v) is 14.8. The standard InChI is InChI=1S/C18H18FN3O6/c1-11(17(24)21-13-4-2-3-12(19)9-13)28-18(25)15-10-14(22(26)27)5-6-16(15)20-7-8-23/h2-6,9-11,20,23H,7-8H2,1H3,(H,21,24). The third-order valence-electron chi connectivity index (χ3n) is 3.61. The van der Waals surface area contributed by atoms with E-state index in [1.165, 1.54) is 37.3 Å². The average molecular weight is 391 g/mol. The van der Waals surface area contributed by atoms with Crippen molar-refractivity contribution in [3.8, 4) is 0 Å². The fourth-order valence-electron chi connectivity index (χ4n) is 2.25. The van der Waals surface area contributed by atoms with Crippen LogP contribution in [0.25, 0.3) is 0 Å². The van der Waals surface area contributed by atoms with Gasteiger partial charge in [-0.3, -0.25) is 14.9 Å². The van der Waals surface area contributed by atoms with Crippen LogP contribution in [-0.4, -0.2) is 41.2 Å². The monoisotopic (exact) mass is 391 g/mol. The lowest BCUT2D eigenvalue weighted by atomic mass is 10.1. The zero-order valence-electron chi connectivity index (χ0n) is 14.8. The van der Waals surface area contributed by atoms with E-state index in [1.54, 1.807) is 0 Å². The lowest BCUT2D eigenvalue weighted by molar-refractivity contribution is -0.384. The highest BCUT2D eigenvalue weighted by atomic mass is 19.1. The minimum Gasteiger partial charge on any atom is -0.449 e. The minimum atomic E-state index is -1.25. The molecule has 2 aromatic carbocycles. The average Bonchev–Trinajstić information content (AvgIpc) is 2.65. The van der Waals surface area contributed by atoms with E-state index in [-0.39, 0.29) is 35.8 Å². The fourth-order valence-corrected chi connectivity index (χ4v) is 2.25. The summed E-state index contributed by atoms with van der Waals surface area (Å²) in [4.78, 5) is 34.9. The topological polar surface area (TPSA) is 131 Å². The van der Waals surface area contributed by atoms with Gasteiger partial charge in [-0.15, -0.1) is 0 Å². The van der Waals surface area contributed by atoms with Gasteiger partial charge in [-0.1, -0.05) is 6.07 Å². The van der Waals surface area contributed by atoms with E-state index in [4.69, 9.17) is 9.84 Å². The Morgan fingerprint density at radius 1 is 1.29 bits per heavy atom. The first kappa shape index (κ1) is 20.8. The summed E-state index contributed by atoms with van der Waals surface area (Å²) in [6.45, 7) is 1.19. The van der Waals surface area contributed by atoms with Crippen molar-refractivity contribution in [2.24, 2.45) is 0 Å². The molecule has 2 rings (SSSR count). The van der Waals surface area contributed by atoms with Gasteiger partial charge in [0, 0.05) is 30.1 Å². The maximum atomic E-state index is 13.2. The summed E-state index contributed by atoms with van der Waals surface area (Å²) in [7, 11) is 0. The van der Waals surface area contributed by atoms with Gasteiger partial charge >= 0.3 is 5.97 Å². The number of anilines is 2. The number of nitrogens with one attached hydrogen (secondary N) is 2. The number of amides is 1. The lowest BCUT2D eigenvalue weighted by Crippen LogP contribution is -2.30. The second-order valence-electron chi connectivity index (χ2n) is 5.68. The molecule has 0 saturated heterocycles. The molecule has 0 bridgehead atoms. The third-order valence-corrected chi connectivity index (χ3v) is 3.61. The molecule has 0 aliphatic heterocycles. The van der Waals surface area contributed by atoms with E-state index in [9.17, 15) is 24.1 Å². The first-order valence-electron chi connectivity index (χ1n) is 8.22. The Morgan fingerprint density at radius 3 is 2.68 bits per heavy atom. The molecule has 1 amide bonds. The number of hydrogen-bond donors (Lipinski definition) is 3. The Morgan fingerprint density at radius 2 is 2.04 bits per heavy atom. The number of hydrogen-bond acceptors (Lipinski definition) is 7. The Bertz CT molecular complexity index is 889. The number of non-ortho nitro benzene ring substituents is 1. The molecule has 1 unspecified atom stereocenters. The molecule has 28 heavy (non-hydrogen) atoms. The van der Waals surface area contributed by atoms with Crippen molar-refractivity contribution in [3.05, 3.63) is 64.0 Å². The Hall–Kier alpha value is -3.53. The number of esters is 1. The highest BCUT2D eigenvalue weighted by molar-refractivity contribution is 6.00. The molecule has 0 radical (unpaired) electrons. The van der Waals surface area contributed by atoms with Crippen molar-refractivity contribution in [3.63, 3.8) is 0 Å². The molecule has 10 heteroatoms. The number of nitro groups is 1. The largest absolute Gasteiger partial charge is 0.449 e. The molecule has 2 aromatic rings. The van der Waals surface area contributed by atoms with Crippen LogP contribution in [-0.2, 0) is 9.53 Å². The van der Waals surface area contributed by atoms with E-state index < -0.39 is 28.7 Å². The number of aliphatic hydroxyl groups excluding tert-OH is 1. The van der Waals surface area contributed by atoms with Gasteiger partial charge in [-0.2, -0.15) is 0 Å². The van der Waals surface area contributed by atoms with Crippen LogP contribution < -0.4 is 10.6 Å². The summed E-state index contributed by atoms with van der Waals surface area (Å²) in [6, 6.07) is 8.70. The molecule has 0 fully saturated rings. The normalized spacial score (nSPS) is 11.4. The van der Waals surface area contributed by atoms with Gasteiger partial charge in [0.1, 0.15) is 5.82 Å². The predicted molar refractivity (Wildman–Crippen MR) is 98.6 cm³/mol. The third kappa shape index (κ3) is 5.48. The second-order valence-corrected chi connectivity index (χ2v) is 5.68. The van der Waals surface area contributed by atoms with Crippen molar-refractivity contribution < 1.29 is 28.7 Å². The molecule has 3 N–H and O–H groups in total. The van der Waals surface area contributed by atoms with Gasteiger partial charge in [-0.25, -0.2) is 9.18 Å². The maximum Gasteiger partial charge on any atom is 0.341 e. The van der Waals surface area contributed by atoms with Crippen molar-refractivity contribution in [2.45, 2.75) is 13.0 Å². The summed E-state index contributed by atoms with van der Waals surface area (Å²) in [5.74, 6) is -2.21. The Kier molecular flexibility index (Phi) is 6.99. The quantitative estimate of drug-likeness (QED) is 0.357. The molecule has 0 aromatic heterocycles. The lowest BCUT2D eigenvalue weighted by Gasteiger charge is -2.15. The minimum absolute atomic E-state index is 0.105. The van der Waals surface area contributed by atoms with Crippen LogP contribution in [0.2, 0.25) is 0 Å². The number of benzene rings is 2. The van der Waals surface area contributed by atoms with Crippen LogP contribution in [0.4, 0.5) is 21.5 Å². The van der Waals surface area contributed by atoms with E-state index in [1.807, 2.05) is 0 Å². The summed E-state index contributed by atoms with van der Waals surface area (Å²) < 4.78 is 18.3. The number of nitrogens with zero attached hydrogens (tertiary/aromatic N) is 1. The maximum absolute atomic E-state index is 13.2. The molecule has 0 saturated carbocycles. The first-order valence-corrected chi connectivity index (χ1v) is 8.22. The smallest absolute Gasteiger partial charge is 0.341 e. The molecule has 1 atom stereocenters. The van der Waals surface area contributed by atoms with Crippen molar-refractivity contribution >= 4 is 28.9 Å². The van der Waals surface area contributed by atoms with E-state index in [2.05, 4.69) is 10.6 Å². The van der Waals surface area contributed by atoms with Crippen LogP contribution in [0.3, 0.4) is 0 Å². The second kappa shape index (κ2) is 9.42. The number of carbonyl (C=O) groups excluding carboxylic acids is 2. The van der Waals surface area contributed by atoms with E-state index in [0.29, 0.717) is 0 Å². The predicted octanol–water partition coefficient (Wildman–Crippen LogP) is 2.32. The molecule has 0 heterocycles. The summed E-state index contributed by atoms with van der Waals surface area (Å²) in [5.41, 5.74) is -0.0950. The highest BCUT2D eigenvalue weighted by Gasteiger charge is 2.23. The summed E-state index contributed by atoms with van der Waals surface area (Å²) in [6.07, 6.45) is -1.25. The van der Waals surface area contributed by atoms with Gasteiger partial charge in [0.2, 0.25) is 0 Å². The number of aliphatic hydroxyl groups is 1. The number of rotatable bonds is 8. The Balaban J connectivity index is 2.14. The Labute approximate surface area is 159 Å². The highest BCUT2D eigenvalue weighted by Crippen LogP contribution is 2.23. The summed E-state index contributed by atoms with van der Waals surface area (Å²) in [5, 5.41) is 25.0. The van der Waals surface area contributed by atoms with Gasteiger partial charge in [-0.05, 0) is 31.2 Å². The zero-order chi connectivity index (χ0) is 20.7. The fraction of sp³-hybridized carbons (Fsp3) is 0.222. The SMILES string of the molecule is CC(OC(=O)c1cc([N+](=O)[O-])ccc1NCCO)C(=O)Nc1cccc(F)c1. The first-order chi connectivity index (χ1) is 13.3.